The zero-order chi connectivity index (χ0) is 15.1. The minimum Gasteiger partial charge on any atom is -0.480 e. The molecule has 1 unspecified atom stereocenters. The third-order valence-corrected chi connectivity index (χ3v) is 4.39. The van der Waals surface area contributed by atoms with Crippen molar-refractivity contribution in [1.29, 1.82) is 0 Å². The molecule has 1 atom stereocenters. The van der Waals surface area contributed by atoms with E-state index in [1.165, 1.54) is 11.8 Å². The predicted molar refractivity (Wildman–Crippen MR) is 81.8 cm³/mol. The van der Waals surface area contributed by atoms with E-state index in [0.29, 0.717) is 5.16 Å². The highest BCUT2D eigenvalue weighted by molar-refractivity contribution is 8.00. The molecule has 0 aliphatic carbocycles. The average molecular weight is 304 g/mol. The summed E-state index contributed by atoms with van der Waals surface area (Å²) in [6.45, 7) is 5.83. The largest absolute Gasteiger partial charge is 0.480 e. The first-order chi connectivity index (χ1) is 10.0. The van der Waals surface area contributed by atoms with E-state index < -0.39 is 11.2 Å². The van der Waals surface area contributed by atoms with Gasteiger partial charge in [-0.2, -0.15) is 0 Å². The topological polar surface area (TPSA) is 72.4 Å². The summed E-state index contributed by atoms with van der Waals surface area (Å²) in [6.07, 6.45) is 0. The van der Waals surface area contributed by atoms with Crippen molar-refractivity contribution in [1.82, 2.24) is 19.2 Å². The van der Waals surface area contributed by atoms with Crippen LogP contribution in [0.2, 0.25) is 0 Å². The van der Waals surface area contributed by atoms with E-state index in [-0.39, 0.29) is 6.04 Å². The lowest BCUT2D eigenvalue weighted by Crippen LogP contribution is -2.11. The maximum atomic E-state index is 11.1. The Morgan fingerprint density at radius 3 is 2.48 bits per heavy atom. The van der Waals surface area contributed by atoms with Gasteiger partial charge in [-0.05, 0) is 32.9 Å². The lowest BCUT2D eigenvalue weighted by atomic mass is 10.3. The zero-order valence-electron chi connectivity index (χ0n) is 12.0. The van der Waals surface area contributed by atoms with Crippen molar-refractivity contribution in [3.63, 3.8) is 0 Å². The Labute approximate surface area is 125 Å². The Kier molecular flexibility index (Phi) is 3.36. The molecule has 1 N–H and O–H groups in total. The molecule has 0 bridgehead atoms. The van der Waals surface area contributed by atoms with Gasteiger partial charge in [-0.15, -0.1) is 10.2 Å². The molecule has 3 rings (SSSR count). The highest BCUT2D eigenvalue weighted by Gasteiger charge is 2.21. The fourth-order valence-electron chi connectivity index (χ4n) is 2.39. The van der Waals surface area contributed by atoms with E-state index in [0.717, 1.165) is 16.8 Å². The normalized spacial score (nSPS) is 13.3. The molecule has 3 aromatic rings. The second kappa shape index (κ2) is 5.07. The van der Waals surface area contributed by atoms with E-state index in [2.05, 4.69) is 28.6 Å². The number of carbonyl (C=O) groups is 1. The maximum absolute atomic E-state index is 11.1. The molecule has 0 saturated heterocycles. The number of hydrogen-bond acceptors (Lipinski definition) is 4. The summed E-state index contributed by atoms with van der Waals surface area (Å²) in [5.74, 6) is -0.115. The van der Waals surface area contributed by atoms with Gasteiger partial charge < -0.3 is 9.67 Å². The molecule has 0 radical (unpaired) electrons. The summed E-state index contributed by atoms with van der Waals surface area (Å²) in [7, 11) is 0. The van der Waals surface area contributed by atoms with Gasteiger partial charge in [0.2, 0.25) is 5.78 Å². The van der Waals surface area contributed by atoms with Gasteiger partial charge in [0, 0.05) is 6.04 Å². The number of benzene rings is 1. The van der Waals surface area contributed by atoms with Crippen molar-refractivity contribution in [2.24, 2.45) is 0 Å². The molecule has 0 aliphatic heterocycles. The van der Waals surface area contributed by atoms with E-state index in [4.69, 9.17) is 5.11 Å². The van der Waals surface area contributed by atoms with E-state index in [1.807, 2.05) is 28.7 Å². The van der Waals surface area contributed by atoms with E-state index >= 15 is 0 Å². The van der Waals surface area contributed by atoms with Crippen LogP contribution < -0.4 is 0 Å². The molecule has 0 spiro atoms. The fourth-order valence-corrected chi connectivity index (χ4v) is 3.18. The monoisotopic (exact) mass is 304 g/mol. The van der Waals surface area contributed by atoms with Crippen LogP contribution in [0.15, 0.2) is 29.4 Å². The van der Waals surface area contributed by atoms with Crippen molar-refractivity contribution in [3.05, 3.63) is 24.3 Å². The van der Waals surface area contributed by atoms with Crippen molar-refractivity contribution >= 4 is 34.5 Å². The Hall–Kier alpha value is -2.02. The predicted octanol–water partition coefficient (Wildman–Crippen LogP) is 2.83. The molecule has 110 valence electrons. The number of aliphatic carboxylic acids is 1. The number of imidazole rings is 1. The van der Waals surface area contributed by atoms with Crippen molar-refractivity contribution in [2.45, 2.75) is 37.2 Å². The van der Waals surface area contributed by atoms with Crippen LogP contribution >= 0.6 is 11.8 Å². The van der Waals surface area contributed by atoms with Crippen LogP contribution in [0.3, 0.4) is 0 Å². The van der Waals surface area contributed by atoms with Crippen LogP contribution in [0.5, 0.6) is 0 Å². The number of rotatable bonds is 4. The van der Waals surface area contributed by atoms with Crippen molar-refractivity contribution < 1.29 is 9.90 Å². The van der Waals surface area contributed by atoms with Crippen LogP contribution in [0, 0.1) is 0 Å². The molecule has 21 heavy (non-hydrogen) atoms. The Bertz CT molecular complexity index is 821. The number of carboxylic acid groups (broad SMARTS) is 1. The van der Waals surface area contributed by atoms with Gasteiger partial charge in [-0.25, -0.2) is 0 Å². The smallest absolute Gasteiger partial charge is 0.316 e. The van der Waals surface area contributed by atoms with Crippen LogP contribution in [-0.2, 0) is 4.79 Å². The second-order valence-electron chi connectivity index (χ2n) is 5.17. The molecule has 2 aromatic heterocycles. The molecule has 0 amide bonds. The summed E-state index contributed by atoms with van der Waals surface area (Å²) >= 11 is 1.20. The number of thioether (sulfide) groups is 1. The number of aromatic nitrogens is 4. The zero-order valence-corrected chi connectivity index (χ0v) is 12.8. The SMILES string of the molecule is CC(Sc1nnc2n(C(C)C)c3ccccc3n12)C(=O)O. The van der Waals surface area contributed by atoms with Crippen molar-refractivity contribution in [2.75, 3.05) is 0 Å². The third-order valence-electron chi connectivity index (χ3n) is 3.36. The second-order valence-corrected chi connectivity index (χ2v) is 6.48. The number of hydrogen-bond donors (Lipinski definition) is 1. The Morgan fingerprint density at radius 1 is 1.19 bits per heavy atom. The molecule has 2 heterocycles. The number of para-hydroxylation sites is 2. The Balaban J connectivity index is 2.25. The van der Waals surface area contributed by atoms with Gasteiger partial charge in [0.25, 0.3) is 0 Å². The molecule has 0 saturated carbocycles. The summed E-state index contributed by atoms with van der Waals surface area (Å²) in [5.41, 5.74) is 2.06. The molecule has 0 aliphatic rings. The van der Waals surface area contributed by atoms with Gasteiger partial charge in [-0.1, -0.05) is 23.9 Å². The molecular formula is C14H16N4O2S. The van der Waals surface area contributed by atoms with Gasteiger partial charge in [0.15, 0.2) is 5.16 Å². The highest BCUT2D eigenvalue weighted by Crippen LogP contribution is 2.29. The highest BCUT2D eigenvalue weighted by atomic mass is 32.2. The summed E-state index contributed by atoms with van der Waals surface area (Å²) < 4.78 is 4.04. The molecular weight excluding hydrogens is 288 g/mol. The average Bonchev–Trinajstić information content (AvgIpc) is 2.96. The quantitative estimate of drug-likeness (QED) is 0.750. The molecule has 7 heteroatoms. The van der Waals surface area contributed by atoms with E-state index in [1.54, 1.807) is 6.92 Å². The standard InChI is InChI=1S/C14H16N4O2S/c1-8(2)17-10-6-4-5-7-11(10)18-13(17)15-16-14(18)21-9(3)12(19)20/h4-9H,1-3H3,(H,19,20). The molecule has 1 aromatic carbocycles. The summed E-state index contributed by atoms with van der Waals surface area (Å²) in [5, 5.41) is 17.5. The lowest BCUT2D eigenvalue weighted by molar-refractivity contribution is -0.136. The minimum atomic E-state index is -0.857. The Morgan fingerprint density at radius 2 is 1.86 bits per heavy atom. The first-order valence-corrected chi connectivity index (χ1v) is 7.62. The van der Waals surface area contributed by atoms with Gasteiger partial charge >= 0.3 is 5.97 Å². The van der Waals surface area contributed by atoms with E-state index in [9.17, 15) is 4.79 Å². The van der Waals surface area contributed by atoms with Crippen LogP contribution in [-0.4, -0.2) is 35.5 Å². The van der Waals surface area contributed by atoms with Crippen LogP contribution in [0.4, 0.5) is 0 Å². The molecule has 6 nitrogen and oxygen atoms in total. The first-order valence-electron chi connectivity index (χ1n) is 6.74. The number of fused-ring (bicyclic) bond motifs is 3. The number of carboxylic acids is 1. The summed E-state index contributed by atoms with van der Waals surface area (Å²) in [6, 6.07) is 8.23. The number of nitrogens with zero attached hydrogens (tertiary/aromatic N) is 4. The maximum Gasteiger partial charge on any atom is 0.316 e. The van der Waals surface area contributed by atoms with Gasteiger partial charge in [0.1, 0.15) is 5.25 Å². The van der Waals surface area contributed by atoms with Gasteiger partial charge in [0.05, 0.1) is 11.0 Å². The third kappa shape index (κ3) is 2.17. The fraction of sp³-hybridized carbons (Fsp3) is 0.357. The summed E-state index contributed by atoms with van der Waals surface area (Å²) in [4.78, 5) is 11.1. The van der Waals surface area contributed by atoms with Crippen molar-refractivity contribution in [3.8, 4) is 0 Å². The first kappa shape index (κ1) is 13.9. The van der Waals surface area contributed by atoms with Gasteiger partial charge in [-0.3, -0.25) is 9.20 Å². The van der Waals surface area contributed by atoms with Crippen LogP contribution in [0.25, 0.3) is 16.8 Å². The minimum absolute atomic E-state index is 0.242. The van der Waals surface area contributed by atoms with Crippen LogP contribution in [0.1, 0.15) is 26.8 Å². The molecule has 0 fully saturated rings. The lowest BCUT2D eigenvalue weighted by Gasteiger charge is -2.07.